The molecular weight excluding hydrogens is 358 g/mol. The maximum Gasteiger partial charge on any atom is 0.244 e. The first-order valence-corrected chi connectivity index (χ1v) is 7.80. The van der Waals surface area contributed by atoms with Crippen LogP contribution in [0.4, 0.5) is 0 Å². The van der Waals surface area contributed by atoms with E-state index in [1.165, 1.54) is 0 Å². The molecule has 0 fully saturated rings. The summed E-state index contributed by atoms with van der Waals surface area (Å²) in [5.41, 5.74) is 1.65. The van der Waals surface area contributed by atoms with Crippen LogP contribution in [-0.2, 0) is 17.9 Å². The molecular formula is C13H17BrClN5O. The molecule has 0 aliphatic rings. The van der Waals surface area contributed by atoms with Gasteiger partial charge >= 0.3 is 0 Å². The van der Waals surface area contributed by atoms with E-state index in [1.807, 2.05) is 11.6 Å². The number of aryl methyl sites for hydroxylation is 2. The van der Waals surface area contributed by atoms with Gasteiger partial charge in [0.15, 0.2) is 0 Å². The average Bonchev–Trinajstić information content (AvgIpc) is 2.98. The molecule has 0 aliphatic carbocycles. The van der Waals surface area contributed by atoms with Crippen LogP contribution in [0.3, 0.4) is 0 Å². The number of hydrogen-bond acceptors (Lipinski definition) is 3. The Morgan fingerprint density at radius 2 is 2.29 bits per heavy atom. The van der Waals surface area contributed by atoms with Crippen molar-refractivity contribution in [2.45, 2.75) is 39.9 Å². The highest BCUT2D eigenvalue weighted by molar-refractivity contribution is 9.10. The van der Waals surface area contributed by atoms with Crippen molar-refractivity contribution in [3.8, 4) is 0 Å². The van der Waals surface area contributed by atoms with E-state index in [2.05, 4.69) is 31.4 Å². The summed E-state index contributed by atoms with van der Waals surface area (Å²) in [6.45, 7) is 6.75. The predicted molar refractivity (Wildman–Crippen MR) is 84.1 cm³/mol. The van der Waals surface area contributed by atoms with Gasteiger partial charge in [0.2, 0.25) is 5.91 Å². The van der Waals surface area contributed by atoms with Crippen molar-refractivity contribution in [2.24, 2.45) is 0 Å². The fourth-order valence-corrected chi connectivity index (χ4v) is 2.51. The quantitative estimate of drug-likeness (QED) is 0.875. The van der Waals surface area contributed by atoms with Crippen LogP contribution in [0, 0.1) is 6.92 Å². The van der Waals surface area contributed by atoms with Gasteiger partial charge < -0.3 is 5.32 Å². The standard InChI is InChI=1S/C13H17BrClN5O/c1-4-19-12(10(14)5-17-19)6-16-13(21)9(3)20-7-11(15)8(2)18-20/h5,7,9H,4,6H2,1-3H3,(H,16,21). The summed E-state index contributed by atoms with van der Waals surface area (Å²) in [4.78, 5) is 12.2. The Bertz CT molecular complexity index is 632. The van der Waals surface area contributed by atoms with Crippen molar-refractivity contribution in [1.82, 2.24) is 24.9 Å². The molecule has 1 atom stereocenters. The van der Waals surface area contributed by atoms with Gasteiger partial charge in [-0.15, -0.1) is 0 Å². The van der Waals surface area contributed by atoms with Crippen LogP contribution in [0.15, 0.2) is 16.9 Å². The van der Waals surface area contributed by atoms with Gasteiger partial charge in [-0.25, -0.2) is 0 Å². The van der Waals surface area contributed by atoms with E-state index in [0.717, 1.165) is 16.7 Å². The first kappa shape index (κ1) is 16.0. The predicted octanol–water partition coefficient (Wildman–Crippen LogP) is 2.70. The molecule has 8 heteroatoms. The van der Waals surface area contributed by atoms with Crippen molar-refractivity contribution in [3.05, 3.63) is 33.3 Å². The normalized spacial score (nSPS) is 12.4. The molecule has 1 N–H and O–H groups in total. The first-order chi connectivity index (χ1) is 9.93. The molecule has 0 bridgehead atoms. The number of amides is 1. The van der Waals surface area contributed by atoms with Crippen LogP contribution in [0.1, 0.15) is 31.3 Å². The van der Waals surface area contributed by atoms with Gasteiger partial charge in [0.05, 0.1) is 33.6 Å². The largest absolute Gasteiger partial charge is 0.349 e. The van der Waals surface area contributed by atoms with Gasteiger partial charge in [-0.2, -0.15) is 10.2 Å². The third-order valence-electron chi connectivity index (χ3n) is 3.26. The number of carbonyl (C=O) groups is 1. The summed E-state index contributed by atoms with van der Waals surface area (Å²) in [7, 11) is 0. The van der Waals surface area contributed by atoms with Crippen LogP contribution in [0.5, 0.6) is 0 Å². The molecule has 21 heavy (non-hydrogen) atoms. The van der Waals surface area contributed by atoms with Crippen LogP contribution in [0.25, 0.3) is 0 Å². The summed E-state index contributed by atoms with van der Waals surface area (Å²) < 4.78 is 4.29. The van der Waals surface area contributed by atoms with E-state index >= 15 is 0 Å². The van der Waals surface area contributed by atoms with Crippen LogP contribution < -0.4 is 5.32 Å². The van der Waals surface area contributed by atoms with E-state index in [0.29, 0.717) is 17.3 Å². The number of hydrogen-bond donors (Lipinski definition) is 1. The summed E-state index contributed by atoms with van der Waals surface area (Å²) >= 11 is 9.40. The van der Waals surface area contributed by atoms with Crippen LogP contribution in [0.2, 0.25) is 5.02 Å². The number of nitrogens with one attached hydrogen (secondary N) is 1. The molecule has 0 aromatic carbocycles. The fourth-order valence-electron chi connectivity index (χ4n) is 1.93. The van der Waals surface area contributed by atoms with E-state index in [9.17, 15) is 4.79 Å². The number of carbonyl (C=O) groups excluding carboxylic acids is 1. The van der Waals surface area contributed by atoms with Gasteiger partial charge in [0.25, 0.3) is 0 Å². The highest BCUT2D eigenvalue weighted by atomic mass is 79.9. The zero-order valence-corrected chi connectivity index (χ0v) is 14.4. The molecule has 2 aromatic rings. The number of aromatic nitrogens is 4. The summed E-state index contributed by atoms with van der Waals surface area (Å²) in [6.07, 6.45) is 3.39. The average molecular weight is 375 g/mol. The second-order valence-corrected chi connectivity index (χ2v) is 5.95. The second kappa shape index (κ2) is 6.62. The minimum absolute atomic E-state index is 0.120. The number of rotatable bonds is 5. The first-order valence-electron chi connectivity index (χ1n) is 6.63. The zero-order valence-electron chi connectivity index (χ0n) is 12.1. The van der Waals surface area contributed by atoms with E-state index in [1.54, 1.807) is 30.9 Å². The molecule has 2 aromatic heterocycles. The third kappa shape index (κ3) is 3.47. The Hall–Kier alpha value is -1.34. The van der Waals surface area contributed by atoms with E-state index in [4.69, 9.17) is 11.6 Å². The van der Waals surface area contributed by atoms with Crippen molar-refractivity contribution >= 4 is 33.4 Å². The lowest BCUT2D eigenvalue weighted by Gasteiger charge is -2.13. The minimum atomic E-state index is -0.423. The molecule has 0 radical (unpaired) electrons. The fraction of sp³-hybridized carbons (Fsp3) is 0.462. The van der Waals surface area contributed by atoms with Gasteiger partial charge in [-0.1, -0.05) is 11.6 Å². The Balaban J connectivity index is 2.03. The van der Waals surface area contributed by atoms with Gasteiger partial charge in [0, 0.05) is 12.7 Å². The molecule has 1 amide bonds. The molecule has 0 saturated carbocycles. The van der Waals surface area contributed by atoms with Crippen molar-refractivity contribution in [1.29, 1.82) is 0 Å². The van der Waals surface area contributed by atoms with Crippen molar-refractivity contribution in [3.63, 3.8) is 0 Å². The number of nitrogens with zero attached hydrogens (tertiary/aromatic N) is 4. The highest BCUT2D eigenvalue weighted by Gasteiger charge is 2.18. The van der Waals surface area contributed by atoms with E-state index < -0.39 is 6.04 Å². The highest BCUT2D eigenvalue weighted by Crippen LogP contribution is 2.17. The lowest BCUT2D eigenvalue weighted by atomic mass is 10.3. The lowest BCUT2D eigenvalue weighted by molar-refractivity contribution is -0.124. The molecule has 2 heterocycles. The maximum atomic E-state index is 12.2. The second-order valence-electron chi connectivity index (χ2n) is 4.69. The zero-order chi connectivity index (χ0) is 15.6. The lowest BCUT2D eigenvalue weighted by Crippen LogP contribution is -2.31. The minimum Gasteiger partial charge on any atom is -0.349 e. The maximum absolute atomic E-state index is 12.2. The van der Waals surface area contributed by atoms with Crippen LogP contribution in [-0.4, -0.2) is 25.5 Å². The summed E-state index contributed by atoms with van der Waals surface area (Å²) in [6, 6.07) is -0.423. The van der Waals surface area contributed by atoms with Crippen LogP contribution >= 0.6 is 27.5 Å². The SMILES string of the molecule is CCn1ncc(Br)c1CNC(=O)C(C)n1cc(Cl)c(C)n1. The molecule has 0 aliphatic heterocycles. The molecule has 6 nitrogen and oxygen atoms in total. The Morgan fingerprint density at radius 3 is 2.86 bits per heavy atom. The summed E-state index contributed by atoms with van der Waals surface area (Å²) in [5, 5.41) is 11.9. The van der Waals surface area contributed by atoms with Crippen molar-refractivity contribution in [2.75, 3.05) is 0 Å². The topological polar surface area (TPSA) is 64.7 Å². The smallest absolute Gasteiger partial charge is 0.244 e. The van der Waals surface area contributed by atoms with Gasteiger partial charge in [0.1, 0.15) is 6.04 Å². The van der Waals surface area contributed by atoms with Gasteiger partial charge in [-0.3, -0.25) is 14.2 Å². The molecule has 1 unspecified atom stereocenters. The Kier molecular flexibility index (Phi) is 5.05. The molecule has 114 valence electrons. The Morgan fingerprint density at radius 1 is 1.57 bits per heavy atom. The molecule has 0 spiro atoms. The third-order valence-corrected chi connectivity index (χ3v) is 4.29. The molecule has 0 saturated heterocycles. The number of halogens is 2. The van der Waals surface area contributed by atoms with Gasteiger partial charge in [-0.05, 0) is 36.7 Å². The van der Waals surface area contributed by atoms with Crippen molar-refractivity contribution < 1.29 is 4.79 Å². The monoisotopic (exact) mass is 373 g/mol. The Labute approximate surface area is 136 Å². The summed E-state index contributed by atoms with van der Waals surface area (Å²) in [5.74, 6) is -0.120. The van der Waals surface area contributed by atoms with E-state index in [-0.39, 0.29) is 5.91 Å². The molecule has 2 rings (SSSR count).